The van der Waals surface area contributed by atoms with Crippen molar-refractivity contribution in [3.05, 3.63) is 71.3 Å². The summed E-state index contributed by atoms with van der Waals surface area (Å²) < 4.78 is 0. The van der Waals surface area contributed by atoms with Crippen molar-refractivity contribution in [1.82, 2.24) is 4.90 Å². The number of carbonyl (C=O) groups is 1. The van der Waals surface area contributed by atoms with Crippen LogP contribution in [0.5, 0.6) is 0 Å². The monoisotopic (exact) mass is 283 g/mol. The molecule has 0 radical (unpaired) electrons. The molecule has 0 fully saturated rings. The molecule has 2 aromatic rings. The van der Waals surface area contributed by atoms with E-state index in [1.54, 1.807) is 0 Å². The van der Waals surface area contributed by atoms with Gasteiger partial charge in [0.25, 0.3) is 0 Å². The van der Waals surface area contributed by atoms with Crippen LogP contribution < -0.4 is 0 Å². The second-order valence-corrected chi connectivity index (χ2v) is 4.74. The van der Waals surface area contributed by atoms with E-state index in [9.17, 15) is 9.90 Å². The number of benzene rings is 2. The van der Waals surface area contributed by atoms with Gasteiger partial charge >= 0.3 is 6.09 Å². The van der Waals surface area contributed by atoms with E-state index in [4.69, 9.17) is 0 Å². The zero-order valence-electron chi connectivity index (χ0n) is 12.5. The van der Waals surface area contributed by atoms with E-state index in [-0.39, 0.29) is 6.04 Å². The summed E-state index contributed by atoms with van der Waals surface area (Å²) in [5.74, 6) is 0. The van der Waals surface area contributed by atoms with Crippen LogP contribution in [0.15, 0.2) is 54.6 Å². The van der Waals surface area contributed by atoms with Crippen molar-refractivity contribution in [2.24, 2.45) is 0 Å². The molecule has 0 bridgehead atoms. The summed E-state index contributed by atoms with van der Waals surface area (Å²) in [6, 6.07) is 17.7. The Morgan fingerprint density at radius 3 is 2.33 bits per heavy atom. The number of rotatable bonds is 1. The summed E-state index contributed by atoms with van der Waals surface area (Å²) in [7, 11) is 0. The Bertz CT molecular complexity index is 595. The predicted octanol–water partition coefficient (Wildman–Crippen LogP) is 4.34. The van der Waals surface area contributed by atoms with Crippen LogP contribution in [0.25, 0.3) is 0 Å². The number of nitrogens with zero attached hydrogens (tertiary/aromatic N) is 1. The SMILES string of the molecule is CC.O=C(O)N1CCc2ccccc2C1c1ccccc1. The van der Waals surface area contributed by atoms with E-state index in [0.717, 1.165) is 17.5 Å². The molecule has 0 saturated carbocycles. The van der Waals surface area contributed by atoms with Crippen LogP contribution in [0.4, 0.5) is 4.79 Å². The standard InChI is InChI=1S/C16H15NO2.C2H6/c18-16(19)17-11-10-12-6-4-5-9-14(12)15(17)13-7-2-1-3-8-13;1-2/h1-9,15H,10-11H2,(H,18,19);1-2H3. The molecule has 2 aromatic carbocycles. The molecule has 1 aliphatic heterocycles. The van der Waals surface area contributed by atoms with E-state index in [1.165, 1.54) is 10.5 Å². The molecule has 3 heteroatoms. The molecular formula is C18H21NO2. The molecule has 1 unspecified atom stereocenters. The van der Waals surface area contributed by atoms with Gasteiger partial charge in [0.2, 0.25) is 0 Å². The number of hydrogen-bond donors (Lipinski definition) is 1. The molecule has 0 aliphatic carbocycles. The Morgan fingerprint density at radius 2 is 1.67 bits per heavy atom. The fourth-order valence-corrected chi connectivity index (χ4v) is 2.77. The Kier molecular flexibility index (Phi) is 4.99. The summed E-state index contributed by atoms with van der Waals surface area (Å²) in [5.41, 5.74) is 3.37. The first-order valence-corrected chi connectivity index (χ1v) is 7.39. The highest BCUT2D eigenvalue weighted by atomic mass is 16.4. The Labute approximate surface area is 125 Å². The van der Waals surface area contributed by atoms with E-state index in [2.05, 4.69) is 6.07 Å². The molecule has 110 valence electrons. The summed E-state index contributed by atoms with van der Waals surface area (Å²) in [6.45, 7) is 4.55. The molecule has 1 atom stereocenters. The van der Waals surface area contributed by atoms with Crippen LogP contribution in [0.1, 0.15) is 36.6 Å². The minimum atomic E-state index is -0.858. The average Bonchev–Trinajstić information content (AvgIpc) is 2.56. The van der Waals surface area contributed by atoms with Gasteiger partial charge in [0, 0.05) is 6.54 Å². The molecule has 21 heavy (non-hydrogen) atoms. The lowest BCUT2D eigenvalue weighted by molar-refractivity contribution is 0.129. The van der Waals surface area contributed by atoms with Gasteiger partial charge in [-0.3, -0.25) is 4.90 Å². The minimum absolute atomic E-state index is 0.191. The van der Waals surface area contributed by atoms with Crippen LogP contribution in [0, 0.1) is 0 Å². The number of fused-ring (bicyclic) bond motifs is 1. The third-order valence-corrected chi connectivity index (χ3v) is 3.64. The lowest BCUT2D eigenvalue weighted by atomic mass is 9.88. The summed E-state index contributed by atoms with van der Waals surface area (Å²) in [6.07, 6.45) is -0.0745. The first-order valence-electron chi connectivity index (χ1n) is 7.39. The molecule has 0 saturated heterocycles. The van der Waals surface area contributed by atoms with Crippen molar-refractivity contribution < 1.29 is 9.90 Å². The van der Waals surface area contributed by atoms with E-state index < -0.39 is 6.09 Å². The average molecular weight is 283 g/mol. The van der Waals surface area contributed by atoms with Gasteiger partial charge in [-0.25, -0.2) is 4.79 Å². The van der Waals surface area contributed by atoms with Gasteiger partial charge in [-0.05, 0) is 23.1 Å². The molecule has 1 amide bonds. The maximum Gasteiger partial charge on any atom is 0.408 e. The molecule has 0 aromatic heterocycles. The van der Waals surface area contributed by atoms with Crippen molar-refractivity contribution in [1.29, 1.82) is 0 Å². The van der Waals surface area contributed by atoms with Crippen molar-refractivity contribution in [2.45, 2.75) is 26.3 Å². The third kappa shape index (κ3) is 3.07. The van der Waals surface area contributed by atoms with Gasteiger partial charge in [0.15, 0.2) is 0 Å². The highest BCUT2D eigenvalue weighted by molar-refractivity contribution is 5.67. The van der Waals surface area contributed by atoms with Crippen LogP contribution in [-0.2, 0) is 6.42 Å². The van der Waals surface area contributed by atoms with E-state index >= 15 is 0 Å². The van der Waals surface area contributed by atoms with Crippen LogP contribution in [0.2, 0.25) is 0 Å². The number of carboxylic acid groups (broad SMARTS) is 1. The highest BCUT2D eigenvalue weighted by Gasteiger charge is 2.31. The Hall–Kier alpha value is -2.29. The first kappa shape index (κ1) is 15.1. The quantitative estimate of drug-likeness (QED) is 0.845. The fourth-order valence-electron chi connectivity index (χ4n) is 2.77. The van der Waals surface area contributed by atoms with Gasteiger partial charge < -0.3 is 5.11 Å². The molecule has 0 spiro atoms. The molecule has 3 rings (SSSR count). The van der Waals surface area contributed by atoms with Crippen molar-refractivity contribution in [2.75, 3.05) is 6.54 Å². The minimum Gasteiger partial charge on any atom is -0.465 e. The van der Waals surface area contributed by atoms with E-state index in [1.807, 2.05) is 62.4 Å². The number of hydrogen-bond acceptors (Lipinski definition) is 1. The molecule has 3 nitrogen and oxygen atoms in total. The summed E-state index contributed by atoms with van der Waals surface area (Å²) >= 11 is 0. The van der Waals surface area contributed by atoms with Gasteiger partial charge in [0.05, 0.1) is 6.04 Å². The Morgan fingerprint density at radius 1 is 1.05 bits per heavy atom. The highest BCUT2D eigenvalue weighted by Crippen LogP contribution is 2.34. The lowest BCUT2D eigenvalue weighted by Crippen LogP contribution is -2.39. The lowest BCUT2D eigenvalue weighted by Gasteiger charge is -2.35. The second-order valence-electron chi connectivity index (χ2n) is 4.74. The van der Waals surface area contributed by atoms with Crippen LogP contribution in [0.3, 0.4) is 0 Å². The maximum absolute atomic E-state index is 11.5. The van der Waals surface area contributed by atoms with Gasteiger partial charge in [0.1, 0.15) is 0 Å². The van der Waals surface area contributed by atoms with Crippen molar-refractivity contribution >= 4 is 6.09 Å². The van der Waals surface area contributed by atoms with Crippen molar-refractivity contribution in [3.63, 3.8) is 0 Å². The largest absolute Gasteiger partial charge is 0.465 e. The zero-order valence-corrected chi connectivity index (χ0v) is 12.5. The first-order chi connectivity index (χ1) is 10.3. The molecule has 1 N–H and O–H groups in total. The van der Waals surface area contributed by atoms with Gasteiger partial charge in [-0.2, -0.15) is 0 Å². The summed E-state index contributed by atoms with van der Waals surface area (Å²) in [5, 5.41) is 9.42. The maximum atomic E-state index is 11.5. The zero-order chi connectivity index (χ0) is 15.2. The topological polar surface area (TPSA) is 40.5 Å². The molecule has 1 aliphatic rings. The predicted molar refractivity (Wildman–Crippen MR) is 84.5 cm³/mol. The normalized spacial score (nSPS) is 16.5. The van der Waals surface area contributed by atoms with E-state index in [0.29, 0.717) is 6.54 Å². The van der Waals surface area contributed by atoms with Crippen LogP contribution in [-0.4, -0.2) is 22.6 Å². The Balaban J connectivity index is 0.000000774. The van der Waals surface area contributed by atoms with Gasteiger partial charge in [-0.1, -0.05) is 68.4 Å². The molecule has 1 heterocycles. The second kappa shape index (κ2) is 6.93. The smallest absolute Gasteiger partial charge is 0.408 e. The van der Waals surface area contributed by atoms with Crippen molar-refractivity contribution in [3.8, 4) is 0 Å². The van der Waals surface area contributed by atoms with Gasteiger partial charge in [-0.15, -0.1) is 0 Å². The third-order valence-electron chi connectivity index (χ3n) is 3.64. The fraction of sp³-hybridized carbons (Fsp3) is 0.278. The number of amides is 1. The summed E-state index contributed by atoms with van der Waals surface area (Å²) in [4.78, 5) is 13.0. The molecular weight excluding hydrogens is 262 g/mol. The van der Waals surface area contributed by atoms with Crippen LogP contribution >= 0.6 is 0 Å².